The van der Waals surface area contributed by atoms with E-state index in [0.717, 1.165) is 43.4 Å². The number of anilines is 1. The Balaban J connectivity index is 1.20. The number of benzene rings is 1. The highest BCUT2D eigenvalue weighted by Gasteiger charge is 2.53. The molecular weight excluding hydrogens is 434 g/mol. The van der Waals surface area contributed by atoms with Crippen molar-refractivity contribution in [2.45, 2.75) is 89.9 Å². The first kappa shape index (κ1) is 23.0. The van der Waals surface area contributed by atoms with Gasteiger partial charge in [-0.25, -0.2) is 4.79 Å². The molecule has 0 aromatic heterocycles. The van der Waals surface area contributed by atoms with E-state index < -0.39 is 23.3 Å². The minimum absolute atomic E-state index is 0.175. The SMILES string of the molecule is CC(C)(C)C1CCC2(CC1)NC(=O)N(CC(=O)Nc1ccc3c(c1)OC1(CCCCC1)O3)C2=O. The Kier molecular flexibility index (Phi) is 5.52. The Morgan fingerprint density at radius 3 is 2.41 bits per heavy atom. The van der Waals surface area contributed by atoms with Crippen LogP contribution >= 0.6 is 0 Å². The molecule has 1 saturated heterocycles. The van der Waals surface area contributed by atoms with E-state index in [1.165, 1.54) is 6.42 Å². The Morgan fingerprint density at radius 1 is 1.06 bits per heavy atom. The van der Waals surface area contributed by atoms with E-state index in [9.17, 15) is 14.4 Å². The van der Waals surface area contributed by atoms with Gasteiger partial charge in [-0.05, 0) is 62.0 Å². The van der Waals surface area contributed by atoms with Crippen LogP contribution in [-0.4, -0.2) is 40.6 Å². The molecule has 0 radical (unpaired) electrons. The number of carbonyl (C=O) groups is 3. The quantitative estimate of drug-likeness (QED) is 0.632. The molecule has 184 valence electrons. The summed E-state index contributed by atoms with van der Waals surface area (Å²) in [6.07, 6.45) is 8.03. The van der Waals surface area contributed by atoms with E-state index in [-0.39, 0.29) is 17.9 Å². The van der Waals surface area contributed by atoms with Gasteiger partial charge in [0.1, 0.15) is 12.1 Å². The number of urea groups is 1. The largest absolute Gasteiger partial charge is 0.448 e. The van der Waals surface area contributed by atoms with Crippen LogP contribution in [0.3, 0.4) is 0 Å². The van der Waals surface area contributed by atoms with E-state index >= 15 is 0 Å². The number of rotatable bonds is 3. The van der Waals surface area contributed by atoms with E-state index in [2.05, 4.69) is 31.4 Å². The maximum absolute atomic E-state index is 13.2. The summed E-state index contributed by atoms with van der Waals surface area (Å²) in [7, 11) is 0. The van der Waals surface area contributed by atoms with Crippen molar-refractivity contribution in [3.8, 4) is 11.5 Å². The highest BCUT2D eigenvalue weighted by atomic mass is 16.7. The fraction of sp³-hybridized carbons (Fsp3) is 0.654. The van der Waals surface area contributed by atoms with Crippen molar-refractivity contribution in [1.82, 2.24) is 10.2 Å². The summed E-state index contributed by atoms with van der Waals surface area (Å²) in [5.41, 5.74) is -0.145. The third-order valence-corrected chi connectivity index (χ3v) is 8.05. The molecule has 0 bridgehead atoms. The van der Waals surface area contributed by atoms with Crippen molar-refractivity contribution >= 4 is 23.5 Å². The summed E-state index contributed by atoms with van der Waals surface area (Å²) in [5.74, 6) is 0.522. The fourth-order valence-electron chi connectivity index (χ4n) is 5.95. The molecule has 2 heterocycles. The van der Waals surface area contributed by atoms with Gasteiger partial charge in [0.05, 0.1) is 0 Å². The van der Waals surface area contributed by atoms with E-state index in [1.807, 2.05) is 0 Å². The molecule has 1 aromatic rings. The second kappa shape index (κ2) is 8.17. The summed E-state index contributed by atoms with van der Waals surface area (Å²) in [6, 6.07) is 4.81. The smallest absolute Gasteiger partial charge is 0.325 e. The zero-order chi connectivity index (χ0) is 24.1. The Bertz CT molecular complexity index is 1000. The number of ether oxygens (including phenoxy) is 2. The van der Waals surface area contributed by atoms with Crippen LogP contribution in [0.2, 0.25) is 0 Å². The molecule has 34 heavy (non-hydrogen) atoms. The molecule has 5 rings (SSSR count). The molecule has 3 fully saturated rings. The van der Waals surface area contributed by atoms with E-state index in [1.54, 1.807) is 18.2 Å². The van der Waals surface area contributed by atoms with Crippen LogP contribution in [0.4, 0.5) is 10.5 Å². The predicted molar refractivity (Wildman–Crippen MR) is 127 cm³/mol. The molecule has 0 atom stereocenters. The Morgan fingerprint density at radius 2 is 1.74 bits per heavy atom. The Hall–Kier alpha value is -2.77. The van der Waals surface area contributed by atoms with Crippen LogP contribution in [-0.2, 0) is 9.59 Å². The zero-order valence-electron chi connectivity index (χ0n) is 20.4. The van der Waals surface area contributed by atoms with Crippen molar-refractivity contribution in [2.24, 2.45) is 11.3 Å². The third kappa shape index (κ3) is 4.12. The average Bonchev–Trinajstić information content (AvgIpc) is 3.23. The monoisotopic (exact) mass is 469 g/mol. The first-order chi connectivity index (χ1) is 16.1. The molecular formula is C26H35N3O5. The van der Waals surface area contributed by atoms with E-state index in [0.29, 0.717) is 35.9 Å². The summed E-state index contributed by atoms with van der Waals surface area (Å²) in [6.45, 7) is 6.33. The first-order valence-corrected chi connectivity index (χ1v) is 12.6. The molecule has 2 aliphatic carbocycles. The normalized spacial score (nSPS) is 27.9. The second-order valence-corrected chi connectivity index (χ2v) is 11.4. The highest BCUT2D eigenvalue weighted by Crippen LogP contribution is 2.47. The number of nitrogens with one attached hydrogen (secondary N) is 2. The van der Waals surface area contributed by atoms with Gasteiger partial charge in [0.2, 0.25) is 5.91 Å². The van der Waals surface area contributed by atoms with Crippen molar-refractivity contribution in [2.75, 3.05) is 11.9 Å². The number of fused-ring (bicyclic) bond motifs is 1. The summed E-state index contributed by atoms with van der Waals surface area (Å²) < 4.78 is 12.2. The standard InChI is InChI=1S/C26H35N3O5/c1-24(2,3)17-9-13-25(14-10-17)22(31)29(23(32)28-25)16-21(30)27-18-7-8-19-20(15-18)34-26(33-19)11-5-4-6-12-26/h7-8,15,17H,4-6,9-14,16H2,1-3H3,(H,27,30)(H,28,32). The lowest BCUT2D eigenvalue weighted by Gasteiger charge is -2.40. The molecule has 8 nitrogen and oxygen atoms in total. The third-order valence-electron chi connectivity index (χ3n) is 8.05. The molecule has 2 aliphatic heterocycles. The molecule has 4 amide bonds. The number of imide groups is 1. The number of amides is 4. The highest BCUT2D eigenvalue weighted by molar-refractivity contribution is 6.10. The molecule has 2 saturated carbocycles. The van der Waals surface area contributed by atoms with Gasteiger partial charge < -0.3 is 20.1 Å². The molecule has 2 N–H and O–H groups in total. The second-order valence-electron chi connectivity index (χ2n) is 11.4. The van der Waals surface area contributed by atoms with Crippen LogP contribution in [0.5, 0.6) is 11.5 Å². The van der Waals surface area contributed by atoms with Gasteiger partial charge in [-0.15, -0.1) is 0 Å². The van der Waals surface area contributed by atoms with Crippen molar-refractivity contribution in [3.05, 3.63) is 18.2 Å². The van der Waals surface area contributed by atoms with Crippen LogP contribution < -0.4 is 20.1 Å². The summed E-state index contributed by atoms with van der Waals surface area (Å²) in [5, 5.41) is 5.70. The van der Waals surface area contributed by atoms with Gasteiger partial charge in [-0.3, -0.25) is 14.5 Å². The van der Waals surface area contributed by atoms with Gasteiger partial charge >= 0.3 is 6.03 Å². The summed E-state index contributed by atoms with van der Waals surface area (Å²) >= 11 is 0. The number of nitrogens with zero attached hydrogens (tertiary/aromatic N) is 1. The molecule has 2 spiro atoms. The Labute approximate surface area is 200 Å². The zero-order valence-corrected chi connectivity index (χ0v) is 20.4. The maximum atomic E-state index is 13.2. The van der Waals surface area contributed by atoms with Crippen LogP contribution in [0, 0.1) is 11.3 Å². The van der Waals surface area contributed by atoms with Crippen LogP contribution in [0.15, 0.2) is 18.2 Å². The lowest BCUT2D eigenvalue weighted by atomic mass is 9.67. The number of hydrogen-bond acceptors (Lipinski definition) is 5. The van der Waals surface area contributed by atoms with Crippen LogP contribution in [0.1, 0.15) is 78.6 Å². The van der Waals surface area contributed by atoms with Gasteiger partial charge in [0, 0.05) is 24.6 Å². The van der Waals surface area contributed by atoms with Crippen LogP contribution in [0.25, 0.3) is 0 Å². The maximum Gasteiger partial charge on any atom is 0.325 e. The lowest BCUT2D eigenvalue weighted by Crippen LogP contribution is -2.50. The predicted octanol–water partition coefficient (Wildman–Crippen LogP) is 4.58. The number of carbonyl (C=O) groups excluding carboxylic acids is 3. The summed E-state index contributed by atoms with van der Waals surface area (Å²) in [4.78, 5) is 39.6. The van der Waals surface area contributed by atoms with Crippen molar-refractivity contribution in [1.29, 1.82) is 0 Å². The minimum Gasteiger partial charge on any atom is -0.448 e. The average molecular weight is 470 g/mol. The van der Waals surface area contributed by atoms with Gasteiger partial charge in [0.25, 0.3) is 11.7 Å². The molecule has 1 aromatic carbocycles. The van der Waals surface area contributed by atoms with Crippen molar-refractivity contribution < 1.29 is 23.9 Å². The lowest BCUT2D eigenvalue weighted by molar-refractivity contribution is -0.135. The van der Waals surface area contributed by atoms with Crippen molar-refractivity contribution in [3.63, 3.8) is 0 Å². The van der Waals surface area contributed by atoms with Gasteiger partial charge in [-0.2, -0.15) is 0 Å². The first-order valence-electron chi connectivity index (χ1n) is 12.6. The topological polar surface area (TPSA) is 97.0 Å². The van der Waals surface area contributed by atoms with Gasteiger partial charge in [0.15, 0.2) is 11.5 Å². The van der Waals surface area contributed by atoms with E-state index in [4.69, 9.17) is 9.47 Å². The molecule has 4 aliphatic rings. The molecule has 8 heteroatoms. The fourth-order valence-corrected chi connectivity index (χ4v) is 5.95. The number of hydrogen-bond donors (Lipinski definition) is 2. The molecule has 0 unspecified atom stereocenters. The minimum atomic E-state index is -0.869. The van der Waals surface area contributed by atoms with Gasteiger partial charge in [-0.1, -0.05) is 27.2 Å².